The molecule has 8 heteroatoms. The van der Waals surface area contributed by atoms with Gasteiger partial charge in [-0.15, -0.1) is 0 Å². The molecule has 4 rings (SSSR count). The number of aromatic nitrogens is 2. The van der Waals surface area contributed by atoms with Crippen LogP contribution in [0.4, 0.5) is 19.0 Å². The molecule has 0 radical (unpaired) electrons. The Kier molecular flexibility index (Phi) is 6.39. The van der Waals surface area contributed by atoms with Crippen LogP contribution in [-0.4, -0.2) is 29.0 Å². The molecule has 166 valence electrons. The van der Waals surface area contributed by atoms with Gasteiger partial charge in [-0.3, -0.25) is 9.78 Å². The van der Waals surface area contributed by atoms with E-state index in [9.17, 15) is 18.0 Å². The predicted molar refractivity (Wildman–Crippen MR) is 116 cm³/mol. The highest BCUT2D eigenvalue weighted by atomic mass is 19.4. The summed E-state index contributed by atoms with van der Waals surface area (Å²) in [6.07, 6.45) is 2.47. The zero-order chi connectivity index (χ0) is 22.6. The van der Waals surface area contributed by atoms with Gasteiger partial charge in [0.2, 0.25) is 0 Å². The molecule has 0 atom stereocenters. The Balaban J connectivity index is 1.42. The highest BCUT2D eigenvalue weighted by Gasteiger charge is 2.29. The van der Waals surface area contributed by atoms with E-state index in [0.29, 0.717) is 11.1 Å². The van der Waals surface area contributed by atoms with Gasteiger partial charge < -0.3 is 10.2 Å². The van der Waals surface area contributed by atoms with Crippen molar-refractivity contribution in [1.29, 1.82) is 0 Å². The normalized spacial score (nSPS) is 14.3. The molecule has 1 saturated heterocycles. The van der Waals surface area contributed by atoms with Crippen LogP contribution in [0.25, 0.3) is 11.3 Å². The monoisotopic (exact) mass is 440 g/mol. The Morgan fingerprint density at radius 3 is 2.22 bits per heavy atom. The smallest absolute Gasteiger partial charge is 0.355 e. The van der Waals surface area contributed by atoms with E-state index in [0.717, 1.165) is 55.1 Å². The molecule has 2 aromatic carbocycles. The molecule has 1 aromatic heterocycles. The SMILES string of the molecule is O=C(NCc1ccc(C(F)(F)F)cc1)c1ccc(-c2nccnc2N2CCCCC2)cc1. The van der Waals surface area contributed by atoms with Gasteiger partial charge in [0.25, 0.3) is 5.91 Å². The Morgan fingerprint density at radius 2 is 1.56 bits per heavy atom. The number of amides is 1. The van der Waals surface area contributed by atoms with Crippen molar-refractivity contribution in [3.8, 4) is 11.3 Å². The largest absolute Gasteiger partial charge is 0.416 e. The van der Waals surface area contributed by atoms with Gasteiger partial charge in [-0.05, 0) is 49.1 Å². The van der Waals surface area contributed by atoms with Crippen LogP contribution in [0, 0.1) is 0 Å². The van der Waals surface area contributed by atoms with Crippen molar-refractivity contribution in [2.45, 2.75) is 32.0 Å². The summed E-state index contributed by atoms with van der Waals surface area (Å²) in [5, 5.41) is 2.74. The average Bonchev–Trinajstić information content (AvgIpc) is 2.83. The number of benzene rings is 2. The summed E-state index contributed by atoms with van der Waals surface area (Å²) in [6.45, 7) is 2.05. The summed E-state index contributed by atoms with van der Waals surface area (Å²) in [4.78, 5) is 23.8. The number of carbonyl (C=O) groups is 1. The van der Waals surface area contributed by atoms with Crippen molar-refractivity contribution in [3.63, 3.8) is 0 Å². The molecular formula is C24H23F3N4O. The lowest BCUT2D eigenvalue weighted by molar-refractivity contribution is -0.137. The number of anilines is 1. The van der Waals surface area contributed by atoms with Crippen LogP contribution in [0.1, 0.15) is 40.7 Å². The van der Waals surface area contributed by atoms with Gasteiger partial charge in [-0.25, -0.2) is 4.98 Å². The Labute approximate surface area is 184 Å². The highest BCUT2D eigenvalue weighted by molar-refractivity contribution is 5.94. The fourth-order valence-corrected chi connectivity index (χ4v) is 3.75. The van der Waals surface area contributed by atoms with Gasteiger partial charge in [0.15, 0.2) is 5.82 Å². The molecule has 0 bridgehead atoms. The molecule has 0 spiro atoms. The van der Waals surface area contributed by atoms with Gasteiger partial charge in [-0.1, -0.05) is 24.3 Å². The molecule has 2 heterocycles. The number of hydrogen-bond acceptors (Lipinski definition) is 4. The third-order valence-corrected chi connectivity index (χ3v) is 5.49. The van der Waals surface area contributed by atoms with Crippen LogP contribution >= 0.6 is 0 Å². The molecule has 0 aliphatic carbocycles. The summed E-state index contributed by atoms with van der Waals surface area (Å²) in [6, 6.07) is 11.9. The maximum absolute atomic E-state index is 12.7. The lowest BCUT2D eigenvalue weighted by atomic mass is 10.1. The van der Waals surface area contributed by atoms with Crippen LogP contribution in [0.2, 0.25) is 0 Å². The highest BCUT2D eigenvalue weighted by Crippen LogP contribution is 2.30. The Morgan fingerprint density at radius 1 is 0.906 bits per heavy atom. The predicted octanol–water partition coefficient (Wildman–Crippen LogP) is 5.08. The van der Waals surface area contributed by atoms with E-state index in [1.54, 1.807) is 24.5 Å². The lowest BCUT2D eigenvalue weighted by Crippen LogP contribution is -2.30. The first kappa shape index (κ1) is 21.8. The van der Waals surface area contributed by atoms with Gasteiger partial charge in [0.05, 0.1) is 5.56 Å². The second-order valence-corrected chi connectivity index (χ2v) is 7.73. The molecule has 0 saturated carbocycles. The van der Waals surface area contributed by atoms with Crippen molar-refractivity contribution in [3.05, 3.63) is 77.6 Å². The molecule has 32 heavy (non-hydrogen) atoms. The fourth-order valence-electron chi connectivity index (χ4n) is 3.75. The third-order valence-electron chi connectivity index (χ3n) is 5.49. The summed E-state index contributed by atoms with van der Waals surface area (Å²) in [7, 11) is 0. The zero-order valence-electron chi connectivity index (χ0n) is 17.4. The third kappa shape index (κ3) is 5.07. The van der Waals surface area contributed by atoms with Crippen LogP contribution in [-0.2, 0) is 12.7 Å². The van der Waals surface area contributed by atoms with Crippen LogP contribution in [0.5, 0.6) is 0 Å². The van der Waals surface area contributed by atoms with Gasteiger partial charge in [0, 0.05) is 43.2 Å². The molecular weight excluding hydrogens is 417 g/mol. The topological polar surface area (TPSA) is 58.1 Å². The number of alkyl halides is 3. The molecule has 1 aliphatic rings. The van der Waals surface area contributed by atoms with E-state index < -0.39 is 11.7 Å². The minimum atomic E-state index is -4.37. The Hall–Kier alpha value is -3.42. The van der Waals surface area contributed by atoms with E-state index >= 15 is 0 Å². The number of piperidine rings is 1. The Bertz CT molecular complexity index is 1060. The van der Waals surface area contributed by atoms with Crippen LogP contribution < -0.4 is 10.2 Å². The number of carbonyl (C=O) groups excluding carboxylic acids is 1. The standard InChI is InChI=1S/C24H23F3N4O/c25-24(26,27)20-10-4-17(5-11-20)16-30-23(32)19-8-6-18(7-9-19)21-22(29-13-12-28-21)31-14-2-1-3-15-31/h4-13H,1-3,14-16H2,(H,30,32). The number of hydrogen-bond donors (Lipinski definition) is 1. The first-order valence-electron chi connectivity index (χ1n) is 10.5. The zero-order valence-corrected chi connectivity index (χ0v) is 17.4. The fraction of sp³-hybridized carbons (Fsp3) is 0.292. The number of halogens is 3. The van der Waals surface area contributed by atoms with Crippen molar-refractivity contribution in [1.82, 2.24) is 15.3 Å². The van der Waals surface area contributed by atoms with E-state index in [4.69, 9.17) is 0 Å². The summed E-state index contributed by atoms with van der Waals surface area (Å²) >= 11 is 0. The van der Waals surface area contributed by atoms with E-state index in [2.05, 4.69) is 20.2 Å². The maximum Gasteiger partial charge on any atom is 0.416 e. The number of nitrogens with one attached hydrogen (secondary N) is 1. The lowest BCUT2D eigenvalue weighted by Gasteiger charge is -2.28. The van der Waals surface area contributed by atoms with Crippen LogP contribution in [0.15, 0.2) is 60.9 Å². The molecule has 3 aromatic rings. The molecule has 5 nitrogen and oxygen atoms in total. The second kappa shape index (κ2) is 9.38. The van der Waals surface area contributed by atoms with Crippen molar-refractivity contribution >= 4 is 11.7 Å². The molecule has 1 aliphatic heterocycles. The van der Waals surface area contributed by atoms with Gasteiger partial charge in [-0.2, -0.15) is 13.2 Å². The minimum absolute atomic E-state index is 0.141. The van der Waals surface area contributed by atoms with Crippen LogP contribution in [0.3, 0.4) is 0 Å². The summed E-state index contributed by atoms with van der Waals surface area (Å²) in [5.74, 6) is 0.554. The number of nitrogens with zero attached hydrogens (tertiary/aromatic N) is 3. The van der Waals surface area contributed by atoms with E-state index in [1.165, 1.54) is 18.6 Å². The summed E-state index contributed by atoms with van der Waals surface area (Å²) in [5.41, 5.74) is 2.00. The quantitative estimate of drug-likeness (QED) is 0.601. The van der Waals surface area contributed by atoms with Crippen molar-refractivity contribution in [2.75, 3.05) is 18.0 Å². The first-order chi connectivity index (χ1) is 15.4. The maximum atomic E-state index is 12.7. The van der Waals surface area contributed by atoms with Crippen molar-refractivity contribution in [2.24, 2.45) is 0 Å². The minimum Gasteiger partial charge on any atom is -0.355 e. The van der Waals surface area contributed by atoms with Gasteiger partial charge >= 0.3 is 6.18 Å². The molecule has 0 unspecified atom stereocenters. The first-order valence-corrected chi connectivity index (χ1v) is 10.5. The van der Waals surface area contributed by atoms with E-state index in [1.807, 2.05) is 12.1 Å². The summed E-state index contributed by atoms with van der Waals surface area (Å²) < 4.78 is 38.0. The molecule has 1 N–H and O–H groups in total. The van der Waals surface area contributed by atoms with Crippen molar-refractivity contribution < 1.29 is 18.0 Å². The second-order valence-electron chi connectivity index (χ2n) is 7.73. The molecule has 1 fully saturated rings. The van der Waals surface area contributed by atoms with Gasteiger partial charge in [0.1, 0.15) is 5.69 Å². The molecule has 1 amide bonds. The van der Waals surface area contributed by atoms with E-state index in [-0.39, 0.29) is 12.5 Å². The average molecular weight is 440 g/mol. The number of rotatable bonds is 5.